The lowest BCUT2D eigenvalue weighted by Gasteiger charge is -2.15. The van der Waals surface area contributed by atoms with Crippen LogP contribution in [0.1, 0.15) is 0 Å². The molecule has 0 spiro atoms. The van der Waals surface area contributed by atoms with Gasteiger partial charge in [-0.2, -0.15) is 0 Å². The first kappa shape index (κ1) is 35.2. The molecule has 0 aliphatic heterocycles. The molecule has 296 valence electrons. The first-order chi connectivity index (χ1) is 31.7. The van der Waals surface area contributed by atoms with Crippen LogP contribution in [0.25, 0.3) is 132 Å². The zero-order valence-electron chi connectivity index (χ0n) is 34.8. The Morgan fingerprint density at radius 2 is 0.859 bits per heavy atom. The molecule has 2 nitrogen and oxygen atoms in total. The molecule has 64 heavy (non-hydrogen) atoms. The monoisotopic (exact) mass is 810 g/mol. The standard InChI is InChI=1S/C62H38N2/c1-2-18-46(19-3-1)63-60-38-44(29-32-51(60)54-33-27-39-13-4-5-21-48(39)62(54)63)43-30-34-59-56(37-43)50-22-7-9-26-58(50)64(59)57-25-8-6-20-47(57)45-17-10-16-41(35-45)42-28-31-49-52-23-11-14-40-15-12-24-53(61(40)52)55(49)36-42/h1-38H. The summed E-state index contributed by atoms with van der Waals surface area (Å²) >= 11 is 0. The van der Waals surface area contributed by atoms with Crippen molar-refractivity contribution in [3.8, 4) is 67.0 Å². The summed E-state index contributed by atoms with van der Waals surface area (Å²) in [4.78, 5) is 0. The SMILES string of the molecule is c1ccc(-n2c3cc(-c4ccc5c(c4)c4ccccc4n5-c4ccccc4-c4cccc(-c5ccc6c(c5)-c5cccc7cccc-6c57)c4)ccc3c3ccc4ccccc4c32)cc1. The van der Waals surface area contributed by atoms with Crippen molar-refractivity contribution in [1.29, 1.82) is 0 Å². The van der Waals surface area contributed by atoms with E-state index < -0.39 is 0 Å². The van der Waals surface area contributed by atoms with Gasteiger partial charge in [-0.15, -0.1) is 0 Å². The van der Waals surface area contributed by atoms with Gasteiger partial charge >= 0.3 is 0 Å². The van der Waals surface area contributed by atoms with Gasteiger partial charge in [0.05, 0.1) is 27.8 Å². The van der Waals surface area contributed by atoms with Crippen LogP contribution >= 0.6 is 0 Å². The normalized spacial score (nSPS) is 12.1. The number of para-hydroxylation sites is 3. The Bertz CT molecular complexity index is 4060. The van der Waals surface area contributed by atoms with E-state index in [1.54, 1.807) is 0 Å². The third kappa shape index (κ3) is 5.08. The summed E-state index contributed by atoms with van der Waals surface area (Å²) in [7, 11) is 0. The van der Waals surface area contributed by atoms with E-state index in [2.05, 4.69) is 240 Å². The van der Waals surface area contributed by atoms with Gasteiger partial charge < -0.3 is 9.13 Å². The van der Waals surface area contributed by atoms with Gasteiger partial charge in [-0.25, -0.2) is 0 Å². The minimum absolute atomic E-state index is 1.16. The molecule has 0 saturated carbocycles. The van der Waals surface area contributed by atoms with E-state index in [1.807, 2.05) is 0 Å². The quantitative estimate of drug-likeness (QED) is 0.164. The average molecular weight is 811 g/mol. The predicted molar refractivity (Wildman–Crippen MR) is 271 cm³/mol. The smallest absolute Gasteiger partial charge is 0.0619 e. The van der Waals surface area contributed by atoms with E-state index in [0.717, 1.165) is 11.4 Å². The summed E-state index contributed by atoms with van der Waals surface area (Å²) < 4.78 is 4.92. The van der Waals surface area contributed by atoms with Gasteiger partial charge in [0.15, 0.2) is 0 Å². The van der Waals surface area contributed by atoms with Crippen molar-refractivity contribution in [2.45, 2.75) is 0 Å². The van der Waals surface area contributed by atoms with Gasteiger partial charge in [0.1, 0.15) is 0 Å². The molecular formula is C62H38N2. The summed E-state index contributed by atoms with van der Waals surface area (Å²) in [6, 6.07) is 85.3. The van der Waals surface area contributed by atoms with Gasteiger partial charge in [-0.1, -0.05) is 176 Å². The number of hydrogen-bond donors (Lipinski definition) is 0. The molecular weight excluding hydrogens is 773 g/mol. The summed E-state index contributed by atoms with van der Waals surface area (Å²) in [5.41, 5.74) is 19.6. The maximum Gasteiger partial charge on any atom is 0.0619 e. The van der Waals surface area contributed by atoms with E-state index in [9.17, 15) is 0 Å². The molecule has 1 aliphatic rings. The van der Waals surface area contributed by atoms with Crippen LogP contribution in [0, 0.1) is 0 Å². The Morgan fingerprint density at radius 1 is 0.250 bits per heavy atom. The van der Waals surface area contributed by atoms with Crippen LogP contribution in [-0.2, 0) is 0 Å². The second-order valence-electron chi connectivity index (χ2n) is 17.2. The molecule has 0 fully saturated rings. The molecule has 0 radical (unpaired) electrons. The lowest BCUT2D eigenvalue weighted by molar-refractivity contribution is 1.18. The molecule has 1 aliphatic carbocycles. The van der Waals surface area contributed by atoms with Crippen molar-refractivity contribution in [3.05, 3.63) is 231 Å². The highest BCUT2D eigenvalue weighted by atomic mass is 15.0. The van der Waals surface area contributed by atoms with Crippen LogP contribution in [-0.4, -0.2) is 9.13 Å². The van der Waals surface area contributed by atoms with Gasteiger partial charge in [0, 0.05) is 38.2 Å². The van der Waals surface area contributed by atoms with Crippen molar-refractivity contribution < 1.29 is 0 Å². The molecule has 0 N–H and O–H groups in total. The fourth-order valence-corrected chi connectivity index (χ4v) is 11.0. The first-order valence-electron chi connectivity index (χ1n) is 22.2. The Morgan fingerprint density at radius 3 is 1.77 bits per heavy atom. The highest BCUT2D eigenvalue weighted by molar-refractivity contribution is 6.20. The molecule has 14 rings (SSSR count). The predicted octanol–water partition coefficient (Wildman–Crippen LogP) is 16.8. The first-order valence-corrected chi connectivity index (χ1v) is 22.2. The van der Waals surface area contributed by atoms with E-state index in [1.165, 1.54) is 121 Å². The van der Waals surface area contributed by atoms with Crippen LogP contribution in [0.4, 0.5) is 0 Å². The topological polar surface area (TPSA) is 9.86 Å². The summed E-state index contributed by atoms with van der Waals surface area (Å²) in [6.07, 6.45) is 0. The fourth-order valence-electron chi connectivity index (χ4n) is 11.0. The molecule has 0 bridgehead atoms. The minimum atomic E-state index is 1.16. The van der Waals surface area contributed by atoms with Crippen molar-refractivity contribution in [3.63, 3.8) is 0 Å². The molecule has 2 heterocycles. The lowest BCUT2D eigenvalue weighted by atomic mass is 9.94. The third-order valence-electron chi connectivity index (χ3n) is 13.8. The van der Waals surface area contributed by atoms with Crippen molar-refractivity contribution >= 4 is 65.2 Å². The number of aromatic nitrogens is 2. The summed E-state index contributed by atoms with van der Waals surface area (Å²) in [5, 5.41) is 10.2. The van der Waals surface area contributed by atoms with Gasteiger partial charge in [0.25, 0.3) is 0 Å². The van der Waals surface area contributed by atoms with Gasteiger partial charge in [-0.05, 0) is 121 Å². The maximum absolute atomic E-state index is 2.46. The highest BCUT2D eigenvalue weighted by Gasteiger charge is 2.23. The van der Waals surface area contributed by atoms with E-state index in [4.69, 9.17) is 0 Å². The largest absolute Gasteiger partial charge is 0.309 e. The highest BCUT2D eigenvalue weighted by Crippen LogP contribution is 2.49. The molecule has 0 amide bonds. The second kappa shape index (κ2) is 13.5. The molecule has 0 unspecified atom stereocenters. The third-order valence-corrected chi connectivity index (χ3v) is 13.8. The van der Waals surface area contributed by atoms with E-state index >= 15 is 0 Å². The van der Waals surface area contributed by atoms with Crippen LogP contribution in [0.15, 0.2) is 231 Å². The molecule has 0 saturated heterocycles. The number of fused-ring (bicyclic) bond motifs is 11. The average Bonchev–Trinajstić information content (AvgIpc) is 4.00. The van der Waals surface area contributed by atoms with Crippen LogP contribution in [0.3, 0.4) is 0 Å². The molecule has 13 aromatic rings. The summed E-state index contributed by atoms with van der Waals surface area (Å²) in [6.45, 7) is 0. The minimum Gasteiger partial charge on any atom is -0.309 e. The Hall–Kier alpha value is -8.46. The van der Waals surface area contributed by atoms with Crippen molar-refractivity contribution in [2.75, 3.05) is 0 Å². The van der Waals surface area contributed by atoms with Crippen molar-refractivity contribution in [1.82, 2.24) is 9.13 Å². The zero-order chi connectivity index (χ0) is 41.9. The van der Waals surface area contributed by atoms with Gasteiger partial charge in [-0.3, -0.25) is 0 Å². The Labute approximate surface area is 370 Å². The zero-order valence-corrected chi connectivity index (χ0v) is 34.8. The Balaban J connectivity index is 0.903. The van der Waals surface area contributed by atoms with Gasteiger partial charge in [0.2, 0.25) is 0 Å². The number of rotatable bonds is 5. The lowest BCUT2D eigenvalue weighted by Crippen LogP contribution is -1.97. The van der Waals surface area contributed by atoms with Crippen LogP contribution in [0.5, 0.6) is 0 Å². The second-order valence-corrected chi connectivity index (χ2v) is 17.2. The van der Waals surface area contributed by atoms with E-state index in [0.29, 0.717) is 0 Å². The molecule has 11 aromatic carbocycles. The van der Waals surface area contributed by atoms with Crippen LogP contribution in [0.2, 0.25) is 0 Å². The number of nitrogens with zero attached hydrogens (tertiary/aromatic N) is 2. The number of benzene rings is 11. The number of hydrogen-bond acceptors (Lipinski definition) is 0. The van der Waals surface area contributed by atoms with Crippen LogP contribution < -0.4 is 0 Å². The Kier molecular flexibility index (Phi) is 7.43. The fraction of sp³-hybridized carbons (Fsp3) is 0. The molecule has 2 heteroatoms. The maximum atomic E-state index is 2.46. The van der Waals surface area contributed by atoms with E-state index in [-0.39, 0.29) is 0 Å². The molecule has 0 atom stereocenters. The molecule has 2 aromatic heterocycles. The summed E-state index contributed by atoms with van der Waals surface area (Å²) in [5.74, 6) is 0. The van der Waals surface area contributed by atoms with Crippen molar-refractivity contribution in [2.24, 2.45) is 0 Å².